The highest BCUT2D eigenvalue weighted by molar-refractivity contribution is 5.38. The van der Waals surface area contributed by atoms with Crippen LogP contribution in [0, 0.1) is 0 Å². The fraction of sp³-hybridized carbons (Fsp3) is 0.667. The summed E-state index contributed by atoms with van der Waals surface area (Å²) in [6.45, 7) is 2.58. The molecule has 0 amide bonds. The first-order chi connectivity index (χ1) is 10.3. The van der Waals surface area contributed by atoms with Gasteiger partial charge in [-0.25, -0.2) is 0 Å². The molecule has 3 aliphatic rings. The van der Waals surface area contributed by atoms with Gasteiger partial charge in [-0.05, 0) is 68.3 Å². The first-order valence-electron chi connectivity index (χ1n) is 8.63. The standard InChI is InChI=1S/C18H26N2O/c21-14-7-8-15-13(12-14)4-3-5-16(15)19-17-9-11-20-10-2-1-6-18(17)20/h7-8,12,16-19,21H,1-6,9-11H2. The smallest absolute Gasteiger partial charge is 0.115 e. The van der Waals surface area contributed by atoms with Gasteiger partial charge >= 0.3 is 0 Å². The number of rotatable bonds is 2. The van der Waals surface area contributed by atoms with Crippen molar-refractivity contribution in [3.05, 3.63) is 29.3 Å². The molecule has 114 valence electrons. The molecule has 3 unspecified atom stereocenters. The highest BCUT2D eigenvalue weighted by Crippen LogP contribution is 2.35. The molecule has 0 spiro atoms. The Bertz CT molecular complexity index is 516. The summed E-state index contributed by atoms with van der Waals surface area (Å²) < 4.78 is 0. The molecule has 21 heavy (non-hydrogen) atoms. The number of nitrogens with zero attached hydrogens (tertiary/aromatic N) is 1. The van der Waals surface area contributed by atoms with E-state index < -0.39 is 0 Å². The van der Waals surface area contributed by atoms with Crippen molar-refractivity contribution < 1.29 is 5.11 Å². The van der Waals surface area contributed by atoms with Crippen molar-refractivity contribution in [2.24, 2.45) is 0 Å². The summed E-state index contributed by atoms with van der Waals surface area (Å²) >= 11 is 0. The molecular formula is C18H26N2O. The summed E-state index contributed by atoms with van der Waals surface area (Å²) in [6, 6.07) is 7.86. The van der Waals surface area contributed by atoms with Crippen molar-refractivity contribution in [2.75, 3.05) is 13.1 Å². The van der Waals surface area contributed by atoms with Gasteiger partial charge in [-0.1, -0.05) is 12.5 Å². The van der Waals surface area contributed by atoms with E-state index in [9.17, 15) is 5.11 Å². The summed E-state index contributed by atoms with van der Waals surface area (Å²) in [4.78, 5) is 2.70. The molecule has 2 saturated heterocycles. The van der Waals surface area contributed by atoms with Gasteiger partial charge in [0.15, 0.2) is 0 Å². The molecule has 0 aromatic heterocycles. The van der Waals surface area contributed by atoms with Crippen LogP contribution in [0.1, 0.15) is 55.7 Å². The number of hydrogen-bond acceptors (Lipinski definition) is 3. The van der Waals surface area contributed by atoms with E-state index in [0.29, 0.717) is 17.8 Å². The van der Waals surface area contributed by atoms with Crippen LogP contribution in [-0.4, -0.2) is 35.2 Å². The molecule has 0 bridgehead atoms. The van der Waals surface area contributed by atoms with Gasteiger partial charge in [0.1, 0.15) is 5.75 Å². The Morgan fingerprint density at radius 1 is 1.05 bits per heavy atom. The van der Waals surface area contributed by atoms with Crippen molar-refractivity contribution in [3.63, 3.8) is 0 Å². The summed E-state index contributed by atoms with van der Waals surface area (Å²) in [7, 11) is 0. The topological polar surface area (TPSA) is 35.5 Å². The summed E-state index contributed by atoms with van der Waals surface area (Å²) in [6.07, 6.45) is 9.03. The largest absolute Gasteiger partial charge is 0.508 e. The molecule has 0 radical (unpaired) electrons. The number of benzene rings is 1. The second kappa shape index (κ2) is 5.62. The Kier molecular flexibility index (Phi) is 3.64. The lowest BCUT2D eigenvalue weighted by Gasteiger charge is -2.36. The predicted molar refractivity (Wildman–Crippen MR) is 84.5 cm³/mol. The van der Waals surface area contributed by atoms with E-state index in [1.807, 2.05) is 12.1 Å². The molecule has 3 atom stereocenters. The van der Waals surface area contributed by atoms with Crippen molar-refractivity contribution in [1.82, 2.24) is 10.2 Å². The molecule has 4 rings (SSSR count). The number of aromatic hydroxyl groups is 1. The lowest BCUT2D eigenvalue weighted by molar-refractivity contribution is 0.175. The molecule has 3 nitrogen and oxygen atoms in total. The fourth-order valence-electron chi connectivity index (χ4n) is 4.67. The molecule has 0 saturated carbocycles. The minimum atomic E-state index is 0.411. The zero-order valence-electron chi connectivity index (χ0n) is 12.7. The van der Waals surface area contributed by atoms with Crippen molar-refractivity contribution in [3.8, 4) is 5.75 Å². The number of phenolic OH excluding ortho intramolecular Hbond substituents is 1. The van der Waals surface area contributed by atoms with Crippen LogP contribution in [-0.2, 0) is 6.42 Å². The maximum absolute atomic E-state index is 9.69. The van der Waals surface area contributed by atoms with Crippen molar-refractivity contribution in [2.45, 2.75) is 63.1 Å². The van der Waals surface area contributed by atoms with Gasteiger partial charge in [-0.3, -0.25) is 4.90 Å². The molecule has 1 aliphatic carbocycles. The monoisotopic (exact) mass is 286 g/mol. The van der Waals surface area contributed by atoms with Crippen LogP contribution < -0.4 is 5.32 Å². The Morgan fingerprint density at radius 3 is 2.95 bits per heavy atom. The van der Waals surface area contributed by atoms with E-state index in [0.717, 1.165) is 12.5 Å². The van der Waals surface area contributed by atoms with Gasteiger partial charge in [0.25, 0.3) is 0 Å². The Balaban J connectivity index is 1.51. The second-order valence-corrected chi connectivity index (χ2v) is 6.99. The minimum absolute atomic E-state index is 0.411. The van der Waals surface area contributed by atoms with Crippen LogP contribution in [0.2, 0.25) is 0 Å². The average Bonchev–Trinajstić information content (AvgIpc) is 2.91. The van der Waals surface area contributed by atoms with Gasteiger partial charge in [-0.15, -0.1) is 0 Å². The van der Waals surface area contributed by atoms with E-state index in [-0.39, 0.29) is 0 Å². The molecule has 2 aliphatic heterocycles. The Morgan fingerprint density at radius 2 is 2.00 bits per heavy atom. The maximum Gasteiger partial charge on any atom is 0.115 e. The predicted octanol–water partition coefficient (Wildman–Crippen LogP) is 2.99. The summed E-state index contributed by atoms with van der Waals surface area (Å²) in [5.41, 5.74) is 2.77. The molecule has 1 aromatic carbocycles. The highest BCUT2D eigenvalue weighted by Gasteiger charge is 2.37. The third kappa shape index (κ3) is 2.58. The number of phenols is 1. The number of hydrogen-bond donors (Lipinski definition) is 2. The quantitative estimate of drug-likeness (QED) is 0.877. The van der Waals surface area contributed by atoms with Crippen LogP contribution in [0.4, 0.5) is 0 Å². The first-order valence-corrected chi connectivity index (χ1v) is 8.63. The van der Waals surface area contributed by atoms with E-state index in [1.54, 1.807) is 0 Å². The van der Waals surface area contributed by atoms with Gasteiger partial charge < -0.3 is 10.4 Å². The zero-order valence-corrected chi connectivity index (χ0v) is 12.7. The van der Waals surface area contributed by atoms with Crippen molar-refractivity contribution in [1.29, 1.82) is 0 Å². The Labute approximate surface area is 127 Å². The molecule has 1 aromatic rings. The SMILES string of the molecule is Oc1ccc2c(c1)CCCC2NC1CCN2CCCCC12. The average molecular weight is 286 g/mol. The maximum atomic E-state index is 9.69. The number of fused-ring (bicyclic) bond motifs is 2. The third-order valence-electron chi connectivity index (χ3n) is 5.71. The molecule has 2 N–H and O–H groups in total. The molecule has 2 fully saturated rings. The highest BCUT2D eigenvalue weighted by atomic mass is 16.3. The van der Waals surface area contributed by atoms with Gasteiger partial charge in [-0.2, -0.15) is 0 Å². The van der Waals surface area contributed by atoms with Crippen LogP contribution in [0.5, 0.6) is 5.75 Å². The second-order valence-electron chi connectivity index (χ2n) is 6.99. The summed E-state index contributed by atoms with van der Waals surface area (Å²) in [5.74, 6) is 0.411. The lowest BCUT2D eigenvalue weighted by atomic mass is 9.86. The van der Waals surface area contributed by atoms with E-state index in [1.165, 1.54) is 62.7 Å². The fourth-order valence-corrected chi connectivity index (χ4v) is 4.67. The normalized spacial score (nSPS) is 32.7. The van der Waals surface area contributed by atoms with Crippen LogP contribution >= 0.6 is 0 Å². The van der Waals surface area contributed by atoms with Crippen molar-refractivity contribution >= 4 is 0 Å². The molecule has 3 heteroatoms. The summed E-state index contributed by atoms with van der Waals surface area (Å²) in [5, 5.41) is 13.7. The first kappa shape index (κ1) is 13.6. The van der Waals surface area contributed by atoms with Crippen LogP contribution in [0.15, 0.2) is 18.2 Å². The van der Waals surface area contributed by atoms with E-state index in [2.05, 4.69) is 16.3 Å². The number of aryl methyl sites for hydroxylation is 1. The molecular weight excluding hydrogens is 260 g/mol. The van der Waals surface area contributed by atoms with E-state index >= 15 is 0 Å². The van der Waals surface area contributed by atoms with Gasteiger partial charge in [0.05, 0.1) is 0 Å². The third-order valence-corrected chi connectivity index (χ3v) is 5.71. The Hall–Kier alpha value is -1.06. The zero-order chi connectivity index (χ0) is 14.2. The van der Waals surface area contributed by atoms with Gasteiger partial charge in [0, 0.05) is 24.7 Å². The van der Waals surface area contributed by atoms with E-state index in [4.69, 9.17) is 0 Å². The van der Waals surface area contributed by atoms with Gasteiger partial charge in [0.2, 0.25) is 0 Å². The van der Waals surface area contributed by atoms with Crippen LogP contribution in [0.3, 0.4) is 0 Å². The van der Waals surface area contributed by atoms with Crippen LogP contribution in [0.25, 0.3) is 0 Å². The number of piperidine rings is 1. The lowest BCUT2D eigenvalue weighted by Crippen LogP contribution is -2.46. The molecule has 2 heterocycles. The minimum Gasteiger partial charge on any atom is -0.508 e. The number of nitrogens with one attached hydrogen (secondary N) is 1.